The van der Waals surface area contributed by atoms with Crippen LogP contribution in [0.25, 0.3) is 0 Å². The zero-order chi connectivity index (χ0) is 22.5. The van der Waals surface area contributed by atoms with Gasteiger partial charge in [0, 0.05) is 41.2 Å². The van der Waals surface area contributed by atoms with Crippen LogP contribution in [-0.2, 0) is 10.0 Å². The number of carbonyl (C=O) groups excluding carboxylic acids is 1. The number of pyridine rings is 1. The summed E-state index contributed by atoms with van der Waals surface area (Å²) >= 11 is 12.6. The molecule has 1 amide bonds. The molecule has 7 nitrogen and oxygen atoms in total. The third-order valence-corrected chi connectivity index (χ3v) is 8.94. The van der Waals surface area contributed by atoms with Crippen molar-refractivity contribution in [1.82, 2.24) is 4.98 Å². The van der Waals surface area contributed by atoms with Crippen molar-refractivity contribution in [3.63, 3.8) is 0 Å². The van der Waals surface area contributed by atoms with Gasteiger partial charge in [-0.2, -0.15) is 0 Å². The summed E-state index contributed by atoms with van der Waals surface area (Å²) in [6, 6.07) is 8.07. The van der Waals surface area contributed by atoms with Gasteiger partial charge in [0.05, 0.1) is 16.3 Å². The van der Waals surface area contributed by atoms with Crippen molar-refractivity contribution in [2.75, 3.05) is 26.8 Å². The Labute approximate surface area is 197 Å². The monoisotopic (exact) mass is 494 g/mol. The molecule has 2 bridgehead atoms. The van der Waals surface area contributed by atoms with E-state index in [9.17, 15) is 13.2 Å². The highest BCUT2D eigenvalue weighted by molar-refractivity contribution is 7.93. The molecule has 170 valence electrons. The Bertz CT molecular complexity index is 1160. The number of nitrogens with one attached hydrogen (secondary N) is 1. The number of aromatic nitrogens is 1. The molecule has 2 unspecified atom stereocenters. The SMILES string of the molecule is O=C(Nc1cc(Cl)cc(N2C3CCCC2CC3)c1)c1cc(N2CCCS2(=O)=O)ncc1Cl. The van der Waals surface area contributed by atoms with Crippen LogP contribution in [0.4, 0.5) is 17.2 Å². The van der Waals surface area contributed by atoms with Gasteiger partial charge >= 0.3 is 0 Å². The van der Waals surface area contributed by atoms with Gasteiger partial charge < -0.3 is 10.2 Å². The van der Waals surface area contributed by atoms with Gasteiger partial charge in [0.25, 0.3) is 5.91 Å². The molecule has 0 radical (unpaired) electrons. The fourth-order valence-corrected chi connectivity index (χ4v) is 7.09. The van der Waals surface area contributed by atoms with Crippen LogP contribution in [0, 0.1) is 0 Å². The number of benzene rings is 1. The van der Waals surface area contributed by atoms with Gasteiger partial charge in [-0.3, -0.25) is 9.10 Å². The van der Waals surface area contributed by atoms with Crippen LogP contribution >= 0.6 is 23.2 Å². The number of carbonyl (C=O) groups is 1. The second-order valence-electron chi connectivity index (χ2n) is 8.64. The average molecular weight is 495 g/mol. The number of fused-ring (bicyclic) bond motifs is 2. The lowest BCUT2D eigenvalue weighted by Gasteiger charge is -2.37. The molecule has 2 aromatic rings. The number of amides is 1. The number of nitrogens with zero attached hydrogens (tertiary/aromatic N) is 3. The number of sulfonamides is 1. The van der Waals surface area contributed by atoms with E-state index in [-0.39, 0.29) is 22.2 Å². The standard InChI is InChI=1S/C22H24Cl2N4O3S/c23-14-9-15(11-18(10-14)28-16-3-1-4-17(28)6-5-16)26-22(29)19-12-21(25-13-20(19)24)27-7-2-8-32(27,30)31/h9-13,16-17H,1-8H2,(H,26,29). The minimum atomic E-state index is -3.41. The number of halogens is 2. The Balaban J connectivity index is 1.41. The maximum Gasteiger partial charge on any atom is 0.257 e. The van der Waals surface area contributed by atoms with Gasteiger partial charge in [0.2, 0.25) is 10.0 Å². The molecule has 4 heterocycles. The first kappa shape index (κ1) is 21.8. The topological polar surface area (TPSA) is 82.6 Å². The summed E-state index contributed by atoms with van der Waals surface area (Å²) in [6.45, 7) is 0.341. The average Bonchev–Trinajstić information content (AvgIpc) is 3.22. The zero-order valence-electron chi connectivity index (χ0n) is 17.4. The van der Waals surface area contributed by atoms with E-state index in [1.165, 1.54) is 48.7 Å². The van der Waals surface area contributed by atoms with Crippen LogP contribution in [0.2, 0.25) is 10.0 Å². The molecule has 0 spiro atoms. The van der Waals surface area contributed by atoms with Crippen LogP contribution in [0.1, 0.15) is 48.9 Å². The van der Waals surface area contributed by atoms with E-state index in [1.54, 1.807) is 6.07 Å². The Kier molecular flexibility index (Phi) is 5.72. The fraction of sp³-hybridized carbons (Fsp3) is 0.455. The third kappa shape index (κ3) is 4.04. The number of hydrogen-bond acceptors (Lipinski definition) is 5. The van der Waals surface area contributed by atoms with Crippen molar-refractivity contribution < 1.29 is 13.2 Å². The van der Waals surface area contributed by atoms with Crippen molar-refractivity contribution in [3.8, 4) is 0 Å². The largest absolute Gasteiger partial charge is 0.365 e. The highest BCUT2D eigenvalue weighted by Gasteiger charge is 2.36. The zero-order valence-corrected chi connectivity index (χ0v) is 19.8. The van der Waals surface area contributed by atoms with Gasteiger partial charge in [-0.25, -0.2) is 13.4 Å². The minimum absolute atomic E-state index is 0.0720. The van der Waals surface area contributed by atoms with Crippen molar-refractivity contribution in [3.05, 3.63) is 46.1 Å². The minimum Gasteiger partial charge on any atom is -0.365 e. The molecule has 3 aliphatic heterocycles. The molecule has 3 fully saturated rings. The first-order valence-electron chi connectivity index (χ1n) is 10.9. The predicted molar refractivity (Wildman–Crippen MR) is 128 cm³/mol. The molecule has 1 N–H and O–H groups in total. The molecule has 1 aromatic carbocycles. The lowest BCUT2D eigenvalue weighted by Crippen LogP contribution is -2.39. The quantitative estimate of drug-likeness (QED) is 0.665. The molecule has 0 saturated carbocycles. The smallest absolute Gasteiger partial charge is 0.257 e. The normalized spacial score (nSPS) is 24.1. The molecular weight excluding hydrogens is 471 g/mol. The molecule has 32 heavy (non-hydrogen) atoms. The van der Waals surface area contributed by atoms with Crippen LogP contribution in [0.3, 0.4) is 0 Å². The van der Waals surface area contributed by atoms with E-state index in [0.29, 0.717) is 35.8 Å². The molecule has 2 atom stereocenters. The van der Waals surface area contributed by atoms with Gasteiger partial charge in [-0.05, 0) is 62.8 Å². The van der Waals surface area contributed by atoms with Crippen LogP contribution in [0.15, 0.2) is 30.5 Å². The van der Waals surface area contributed by atoms with Gasteiger partial charge in [-0.15, -0.1) is 0 Å². The number of rotatable bonds is 4. The lowest BCUT2D eigenvalue weighted by atomic mass is 10.0. The summed E-state index contributed by atoms with van der Waals surface area (Å²) in [5.41, 5.74) is 1.76. The van der Waals surface area contributed by atoms with Gasteiger partial charge in [0.1, 0.15) is 5.82 Å². The molecule has 0 aliphatic carbocycles. The van der Waals surface area contributed by atoms with E-state index >= 15 is 0 Å². The number of piperidine rings is 1. The second kappa shape index (κ2) is 8.39. The van der Waals surface area contributed by atoms with Crippen molar-refractivity contribution in [2.45, 2.75) is 50.6 Å². The van der Waals surface area contributed by atoms with E-state index in [4.69, 9.17) is 23.2 Å². The summed E-state index contributed by atoms with van der Waals surface area (Å²) in [4.78, 5) is 19.6. The highest BCUT2D eigenvalue weighted by atomic mass is 35.5. The summed E-state index contributed by atoms with van der Waals surface area (Å²) in [7, 11) is -3.41. The molecule has 1 aromatic heterocycles. The van der Waals surface area contributed by atoms with Gasteiger partial charge in [0.15, 0.2) is 0 Å². The van der Waals surface area contributed by atoms with Crippen LogP contribution in [-0.4, -0.2) is 43.7 Å². The Morgan fingerprint density at radius 2 is 1.78 bits per heavy atom. The summed E-state index contributed by atoms with van der Waals surface area (Å²) in [5, 5.41) is 3.58. The number of hydrogen-bond donors (Lipinski definition) is 1. The predicted octanol–water partition coefficient (Wildman–Crippen LogP) is 4.70. The molecule has 10 heteroatoms. The molecular formula is C22H24Cl2N4O3S. The number of anilines is 3. The summed E-state index contributed by atoms with van der Waals surface area (Å²) in [5.74, 6) is -0.165. The molecule has 3 aliphatic rings. The van der Waals surface area contributed by atoms with Crippen molar-refractivity contribution in [1.29, 1.82) is 0 Å². The Morgan fingerprint density at radius 3 is 2.47 bits per heavy atom. The maximum atomic E-state index is 13.1. The van der Waals surface area contributed by atoms with E-state index in [2.05, 4.69) is 15.2 Å². The fourth-order valence-electron chi connectivity index (χ4n) is 5.17. The van der Waals surface area contributed by atoms with Crippen LogP contribution in [0.5, 0.6) is 0 Å². The van der Waals surface area contributed by atoms with Crippen LogP contribution < -0.4 is 14.5 Å². The third-order valence-electron chi connectivity index (χ3n) is 6.57. The molecule has 5 rings (SSSR count). The lowest BCUT2D eigenvalue weighted by molar-refractivity contribution is 0.102. The van der Waals surface area contributed by atoms with E-state index in [0.717, 1.165) is 5.69 Å². The summed E-state index contributed by atoms with van der Waals surface area (Å²) in [6.07, 6.45) is 7.83. The van der Waals surface area contributed by atoms with Crippen molar-refractivity contribution in [2.24, 2.45) is 0 Å². The van der Waals surface area contributed by atoms with Gasteiger partial charge in [-0.1, -0.05) is 23.2 Å². The maximum absolute atomic E-state index is 13.1. The Hall–Kier alpha value is -2.03. The van der Waals surface area contributed by atoms with E-state index < -0.39 is 15.9 Å². The summed E-state index contributed by atoms with van der Waals surface area (Å²) < 4.78 is 25.7. The Morgan fingerprint density at radius 1 is 1.03 bits per heavy atom. The molecule has 3 saturated heterocycles. The van der Waals surface area contributed by atoms with Crippen molar-refractivity contribution >= 4 is 56.3 Å². The van der Waals surface area contributed by atoms with E-state index in [1.807, 2.05) is 12.1 Å². The highest BCUT2D eigenvalue weighted by Crippen LogP contribution is 2.41. The second-order valence-corrected chi connectivity index (χ2v) is 11.5. The first-order chi connectivity index (χ1) is 15.3. The first-order valence-corrected chi connectivity index (χ1v) is 13.2.